The lowest BCUT2D eigenvalue weighted by Gasteiger charge is -2.19. The van der Waals surface area contributed by atoms with Crippen LogP contribution in [-0.4, -0.2) is 33.8 Å². The maximum absolute atomic E-state index is 11.6. The van der Waals surface area contributed by atoms with E-state index in [0.717, 1.165) is 0 Å². The van der Waals surface area contributed by atoms with Crippen LogP contribution in [0.25, 0.3) is 0 Å². The first kappa shape index (κ1) is 10.8. The highest BCUT2D eigenvalue weighted by Crippen LogP contribution is 2.24. The predicted molar refractivity (Wildman–Crippen MR) is 53.9 cm³/mol. The van der Waals surface area contributed by atoms with Crippen LogP contribution in [-0.2, 0) is 16.0 Å². The molecule has 0 aliphatic carbocycles. The van der Waals surface area contributed by atoms with Gasteiger partial charge in [0.1, 0.15) is 18.5 Å². The largest absolute Gasteiger partial charge is 0.465 e. The Kier molecular flexibility index (Phi) is 3.00. The highest BCUT2D eigenvalue weighted by atomic mass is 16.5. The quantitative estimate of drug-likeness (QED) is 0.681. The van der Waals surface area contributed by atoms with E-state index in [1.54, 1.807) is 0 Å². The van der Waals surface area contributed by atoms with Crippen LogP contribution in [0.3, 0.4) is 0 Å². The number of hydrogen-bond acceptors (Lipinski definition) is 5. The van der Waals surface area contributed by atoms with Crippen molar-refractivity contribution in [3.8, 4) is 0 Å². The standard InChI is InChI=1S/C10H12N2O4/c13-6-16-5-8(14)7-1-2-9-11-4-3-10(15)12(7)9/h3-4,6-8,14H,1-2,5H2. The number of hydrogen-bond donors (Lipinski definition) is 1. The van der Waals surface area contributed by atoms with Gasteiger partial charge in [0.2, 0.25) is 0 Å². The van der Waals surface area contributed by atoms with Gasteiger partial charge in [-0.15, -0.1) is 0 Å². The number of aromatic nitrogens is 2. The van der Waals surface area contributed by atoms with Gasteiger partial charge in [-0.05, 0) is 6.42 Å². The molecule has 2 rings (SSSR count). The van der Waals surface area contributed by atoms with Gasteiger partial charge in [-0.1, -0.05) is 0 Å². The fourth-order valence-corrected chi connectivity index (χ4v) is 2.02. The maximum Gasteiger partial charge on any atom is 0.293 e. The maximum atomic E-state index is 11.6. The van der Waals surface area contributed by atoms with Gasteiger partial charge in [-0.25, -0.2) is 4.98 Å². The zero-order valence-electron chi connectivity index (χ0n) is 8.57. The molecule has 1 N–H and O–H groups in total. The molecule has 0 saturated carbocycles. The molecular weight excluding hydrogens is 212 g/mol. The number of carbonyl (C=O) groups is 1. The second-order valence-electron chi connectivity index (χ2n) is 3.67. The molecular formula is C10H12N2O4. The van der Waals surface area contributed by atoms with Crippen LogP contribution in [0.4, 0.5) is 0 Å². The van der Waals surface area contributed by atoms with E-state index in [9.17, 15) is 14.7 Å². The molecule has 0 bridgehead atoms. The summed E-state index contributed by atoms with van der Waals surface area (Å²) in [6.45, 7) is 0.181. The van der Waals surface area contributed by atoms with E-state index in [2.05, 4.69) is 9.72 Å². The fourth-order valence-electron chi connectivity index (χ4n) is 2.02. The molecule has 2 unspecified atom stereocenters. The van der Waals surface area contributed by atoms with Crippen LogP contribution in [0.5, 0.6) is 0 Å². The van der Waals surface area contributed by atoms with Crippen molar-refractivity contribution in [3.05, 3.63) is 28.4 Å². The second-order valence-corrected chi connectivity index (χ2v) is 3.67. The van der Waals surface area contributed by atoms with Crippen molar-refractivity contribution in [1.29, 1.82) is 0 Å². The minimum Gasteiger partial charge on any atom is -0.465 e. The second kappa shape index (κ2) is 4.44. The van der Waals surface area contributed by atoms with Crippen molar-refractivity contribution < 1.29 is 14.6 Å². The number of fused-ring (bicyclic) bond motifs is 1. The molecule has 0 aromatic carbocycles. The Hall–Kier alpha value is -1.69. The number of aryl methyl sites for hydroxylation is 1. The van der Waals surface area contributed by atoms with Crippen molar-refractivity contribution in [1.82, 2.24) is 9.55 Å². The SMILES string of the molecule is O=COCC(O)C1CCc2nccc(=O)n21. The molecule has 1 aromatic rings. The highest BCUT2D eigenvalue weighted by molar-refractivity contribution is 5.36. The molecule has 2 heterocycles. The van der Waals surface area contributed by atoms with Crippen molar-refractivity contribution in [2.24, 2.45) is 0 Å². The van der Waals surface area contributed by atoms with Gasteiger partial charge in [0.05, 0.1) is 6.04 Å². The smallest absolute Gasteiger partial charge is 0.293 e. The van der Waals surface area contributed by atoms with Crippen molar-refractivity contribution in [2.75, 3.05) is 6.61 Å². The lowest BCUT2D eigenvalue weighted by atomic mass is 10.1. The van der Waals surface area contributed by atoms with Crippen LogP contribution in [0.2, 0.25) is 0 Å². The van der Waals surface area contributed by atoms with Gasteiger partial charge < -0.3 is 9.84 Å². The van der Waals surface area contributed by atoms with Crippen molar-refractivity contribution in [2.45, 2.75) is 25.0 Å². The molecule has 1 aromatic heterocycles. The molecule has 0 saturated heterocycles. The van der Waals surface area contributed by atoms with E-state index < -0.39 is 6.10 Å². The van der Waals surface area contributed by atoms with Gasteiger partial charge in [-0.2, -0.15) is 0 Å². The third-order valence-corrected chi connectivity index (χ3v) is 2.73. The zero-order valence-corrected chi connectivity index (χ0v) is 8.57. The van der Waals surface area contributed by atoms with E-state index in [1.807, 2.05) is 0 Å². The lowest BCUT2D eigenvalue weighted by Crippen LogP contribution is -2.32. The molecule has 1 aliphatic rings. The molecule has 0 spiro atoms. The Morgan fingerprint density at radius 2 is 2.56 bits per heavy atom. The van der Waals surface area contributed by atoms with E-state index in [-0.39, 0.29) is 24.7 Å². The first-order valence-corrected chi connectivity index (χ1v) is 5.04. The van der Waals surface area contributed by atoms with Crippen LogP contribution in [0, 0.1) is 0 Å². The number of ether oxygens (including phenoxy) is 1. The monoisotopic (exact) mass is 224 g/mol. The first-order valence-electron chi connectivity index (χ1n) is 5.04. The molecule has 1 aliphatic heterocycles. The zero-order chi connectivity index (χ0) is 11.5. The Balaban J connectivity index is 2.22. The summed E-state index contributed by atoms with van der Waals surface area (Å²) in [6.07, 6.45) is 1.88. The number of carbonyl (C=O) groups excluding carboxylic acids is 1. The summed E-state index contributed by atoms with van der Waals surface area (Å²) in [5, 5.41) is 9.78. The minimum absolute atomic E-state index is 0.102. The van der Waals surface area contributed by atoms with Crippen LogP contribution >= 0.6 is 0 Å². The van der Waals surface area contributed by atoms with Crippen LogP contribution in [0.1, 0.15) is 18.3 Å². The summed E-state index contributed by atoms with van der Waals surface area (Å²) in [5.74, 6) is 0.669. The van der Waals surface area contributed by atoms with Crippen LogP contribution in [0.15, 0.2) is 17.1 Å². The molecule has 86 valence electrons. The topological polar surface area (TPSA) is 81.4 Å². The third-order valence-electron chi connectivity index (χ3n) is 2.73. The average molecular weight is 224 g/mol. The fraction of sp³-hybridized carbons (Fsp3) is 0.500. The Labute approximate surface area is 91.5 Å². The van der Waals surface area contributed by atoms with Crippen LogP contribution < -0.4 is 5.56 Å². The molecule has 0 radical (unpaired) electrons. The molecule has 0 fully saturated rings. The van der Waals surface area contributed by atoms with Gasteiger partial charge in [0, 0.05) is 18.7 Å². The highest BCUT2D eigenvalue weighted by Gasteiger charge is 2.30. The van der Waals surface area contributed by atoms with E-state index in [1.165, 1.54) is 16.8 Å². The predicted octanol–water partition coefficient (Wildman–Crippen LogP) is -0.736. The molecule has 6 nitrogen and oxygen atoms in total. The van der Waals surface area contributed by atoms with Gasteiger partial charge in [-0.3, -0.25) is 14.2 Å². The summed E-state index contributed by atoms with van der Waals surface area (Å²) < 4.78 is 5.97. The van der Waals surface area contributed by atoms with Gasteiger partial charge in [0.15, 0.2) is 0 Å². The van der Waals surface area contributed by atoms with E-state index >= 15 is 0 Å². The van der Waals surface area contributed by atoms with E-state index in [0.29, 0.717) is 18.7 Å². The molecule has 16 heavy (non-hydrogen) atoms. The average Bonchev–Trinajstić information content (AvgIpc) is 2.71. The lowest BCUT2D eigenvalue weighted by molar-refractivity contribution is -0.132. The summed E-state index contributed by atoms with van der Waals surface area (Å²) >= 11 is 0. The van der Waals surface area contributed by atoms with Crippen molar-refractivity contribution >= 4 is 6.47 Å². The number of rotatable bonds is 4. The molecule has 2 atom stereocenters. The molecule has 0 amide bonds. The van der Waals surface area contributed by atoms with Gasteiger partial charge >= 0.3 is 0 Å². The van der Waals surface area contributed by atoms with Gasteiger partial charge in [0.25, 0.3) is 12.0 Å². The minimum atomic E-state index is -0.867. The summed E-state index contributed by atoms with van der Waals surface area (Å²) in [6, 6.07) is 1.01. The summed E-state index contributed by atoms with van der Waals surface area (Å²) in [4.78, 5) is 25.7. The normalized spacial score (nSPS) is 20.2. The van der Waals surface area contributed by atoms with Crippen molar-refractivity contribution in [3.63, 3.8) is 0 Å². The third kappa shape index (κ3) is 1.83. The van der Waals surface area contributed by atoms with E-state index in [4.69, 9.17) is 0 Å². The Morgan fingerprint density at radius 3 is 3.31 bits per heavy atom. The number of aliphatic hydroxyl groups excluding tert-OH is 1. The Morgan fingerprint density at radius 1 is 1.75 bits per heavy atom. The Bertz CT molecular complexity index is 443. The summed E-state index contributed by atoms with van der Waals surface area (Å²) in [7, 11) is 0. The number of nitrogens with zero attached hydrogens (tertiary/aromatic N) is 2. The number of aliphatic hydroxyl groups is 1. The first-order chi connectivity index (χ1) is 7.74. The summed E-state index contributed by atoms with van der Waals surface area (Å²) in [5.41, 5.74) is -0.183. The molecule has 6 heteroatoms.